The second-order valence-electron chi connectivity index (χ2n) is 6.96. The fourth-order valence-corrected chi connectivity index (χ4v) is 4.20. The van der Waals surface area contributed by atoms with Crippen LogP contribution in [0.3, 0.4) is 0 Å². The fraction of sp³-hybridized carbons (Fsp3) is 0.286. The van der Waals surface area contributed by atoms with Crippen molar-refractivity contribution in [3.8, 4) is 0 Å². The number of fused-ring (bicyclic) bond motifs is 1. The summed E-state index contributed by atoms with van der Waals surface area (Å²) in [5, 5.41) is 2.99. The van der Waals surface area contributed by atoms with E-state index in [4.69, 9.17) is 0 Å². The molecular formula is C21H20FN3O2S. The molecule has 1 aliphatic rings. The highest BCUT2D eigenvalue weighted by Crippen LogP contribution is 2.21. The number of hydrogen-bond acceptors (Lipinski definition) is 4. The minimum atomic E-state index is -0.486. The van der Waals surface area contributed by atoms with Crippen LogP contribution in [0.25, 0.3) is 10.2 Å². The van der Waals surface area contributed by atoms with E-state index in [-0.39, 0.29) is 17.4 Å². The number of hydrogen-bond donors (Lipinski definition) is 1. The second kappa shape index (κ2) is 8.06. The molecule has 0 radical (unpaired) electrons. The summed E-state index contributed by atoms with van der Waals surface area (Å²) in [6, 6.07) is 11.6. The molecule has 2 heterocycles. The first-order chi connectivity index (χ1) is 13.6. The molecule has 4 rings (SSSR count). The Hall–Kier alpha value is -2.80. The molecule has 0 spiro atoms. The Balaban J connectivity index is 1.29. The zero-order valence-electron chi connectivity index (χ0n) is 15.2. The van der Waals surface area contributed by atoms with Gasteiger partial charge in [-0.15, -0.1) is 11.3 Å². The molecule has 0 unspecified atom stereocenters. The zero-order chi connectivity index (χ0) is 19.5. The number of rotatable bonds is 4. The Morgan fingerprint density at radius 3 is 2.75 bits per heavy atom. The van der Waals surface area contributed by atoms with Crippen molar-refractivity contribution in [1.29, 1.82) is 0 Å². The lowest BCUT2D eigenvalue weighted by atomic mass is 9.96. The topological polar surface area (TPSA) is 62.3 Å². The minimum Gasteiger partial charge on any atom is -0.352 e. The summed E-state index contributed by atoms with van der Waals surface area (Å²) >= 11 is 1.51. The van der Waals surface area contributed by atoms with Crippen LogP contribution in [-0.2, 0) is 0 Å². The lowest BCUT2D eigenvalue weighted by Crippen LogP contribution is -2.41. The maximum atomic E-state index is 13.8. The quantitative estimate of drug-likeness (QED) is 0.730. The SMILES string of the molecule is O=C(NCC1CCN(C(=O)c2ccccc2F)CC1)c1ccc2ncsc2c1. The molecule has 2 amide bonds. The Bertz CT molecular complexity index is 1010. The number of carbonyl (C=O) groups excluding carboxylic acids is 2. The van der Waals surface area contributed by atoms with E-state index >= 15 is 0 Å². The van der Waals surface area contributed by atoms with Crippen LogP contribution in [0.4, 0.5) is 4.39 Å². The molecule has 7 heteroatoms. The van der Waals surface area contributed by atoms with Gasteiger partial charge >= 0.3 is 0 Å². The number of aromatic nitrogens is 1. The van der Waals surface area contributed by atoms with Gasteiger partial charge in [0.1, 0.15) is 5.82 Å². The van der Waals surface area contributed by atoms with Gasteiger partial charge in [0.15, 0.2) is 0 Å². The maximum Gasteiger partial charge on any atom is 0.256 e. The molecule has 1 N–H and O–H groups in total. The molecule has 1 aromatic heterocycles. The van der Waals surface area contributed by atoms with Crippen molar-refractivity contribution in [3.63, 3.8) is 0 Å². The molecule has 1 fully saturated rings. The average molecular weight is 397 g/mol. The molecule has 28 heavy (non-hydrogen) atoms. The van der Waals surface area contributed by atoms with E-state index < -0.39 is 5.82 Å². The van der Waals surface area contributed by atoms with Crippen LogP contribution in [0, 0.1) is 11.7 Å². The molecule has 1 saturated heterocycles. The van der Waals surface area contributed by atoms with Crippen LogP contribution in [0.1, 0.15) is 33.6 Å². The third-order valence-corrected chi connectivity index (χ3v) is 5.94. The van der Waals surface area contributed by atoms with Crippen LogP contribution in [0.15, 0.2) is 48.0 Å². The van der Waals surface area contributed by atoms with Gasteiger partial charge in [0.25, 0.3) is 11.8 Å². The van der Waals surface area contributed by atoms with Gasteiger partial charge in [0.2, 0.25) is 0 Å². The predicted octanol–water partition coefficient (Wildman–Crippen LogP) is 3.72. The summed E-state index contributed by atoms with van der Waals surface area (Å²) in [5.41, 5.74) is 3.41. The number of amides is 2. The first-order valence-corrected chi connectivity index (χ1v) is 10.1. The molecule has 0 aliphatic carbocycles. The molecule has 5 nitrogen and oxygen atoms in total. The van der Waals surface area contributed by atoms with E-state index in [9.17, 15) is 14.0 Å². The first kappa shape index (κ1) is 18.6. The molecule has 0 atom stereocenters. The van der Waals surface area contributed by atoms with Crippen molar-refractivity contribution in [2.45, 2.75) is 12.8 Å². The number of likely N-dealkylation sites (tertiary alicyclic amines) is 1. The summed E-state index contributed by atoms with van der Waals surface area (Å²) in [6.07, 6.45) is 1.57. The minimum absolute atomic E-state index is 0.0971. The van der Waals surface area contributed by atoms with Crippen molar-refractivity contribution in [1.82, 2.24) is 15.2 Å². The smallest absolute Gasteiger partial charge is 0.256 e. The zero-order valence-corrected chi connectivity index (χ0v) is 16.0. The molecular weight excluding hydrogens is 377 g/mol. The number of carbonyl (C=O) groups is 2. The van der Waals surface area contributed by atoms with Crippen molar-refractivity contribution in [2.24, 2.45) is 5.92 Å². The lowest BCUT2D eigenvalue weighted by Gasteiger charge is -2.32. The van der Waals surface area contributed by atoms with E-state index in [1.165, 1.54) is 23.5 Å². The molecule has 1 aliphatic heterocycles. The highest BCUT2D eigenvalue weighted by molar-refractivity contribution is 7.16. The lowest BCUT2D eigenvalue weighted by molar-refractivity contribution is 0.0679. The van der Waals surface area contributed by atoms with Crippen LogP contribution in [0.2, 0.25) is 0 Å². The molecule has 3 aromatic rings. The van der Waals surface area contributed by atoms with E-state index in [0.29, 0.717) is 31.1 Å². The highest BCUT2D eigenvalue weighted by atomic mass is 32.1. The van der Waals surface area contributed by atoms with Gasteiger partial charge in [-0.3, -0.25) is 9.59 Å². The van der Waals surface area contributed by atoms with E-state index in [1.54, 1.807) is 28.6 Å². The third-order valence-electron chi connectivity index (χ3n) is 5.15. The average Bonchev–Trinajstić information content (AvgIpc) is 3.20. The van der Waals surface area contributed by atoms with E-state index in [2.05, 4.69) is 10.3 Å². The van der Waals surface area contributed by atoms with Crippen molar-refractivity contribution in [2.75, 3.05) is 19.6 Å². The number of halogens is 1. The van der Waals surface area contributed by atoms with Gasteiger partial charge in [-0.25, -0.2) is 9.37 Å². The van der Waals surface area contributed by atoms with Crippen LogP contribution >= 0.6 is 11.3 Å². The van der Waals surface area contributed by atoms with E-state index in [1.807, 2.05) is 12.1 Å². The third kappa shape index (κ3) is 3.89. The van der Waals surface area contributed by atoms with Gasteiger partial charge in [-0.05, 0) is 49.1 Å². The summed E-state index contributed by atoms with van der Waals surface area (Å²) in [7, 11) is 0. The molecule has 2 aromatic carbocycles. The number of benzene rings is 2. The number of nitrogens with zero attached hydrogens (tertiary/aromatic N) is 2. The fourth-order valence-electron chi connectivity index (χ4n) is 3.48. The second-order valence-corrected chi connectivity index (χ2v) is 7.85. The molecule has 0 saturated carbocycles. The standard InChI is InChI=1S/C21H20FN3O2S/c22-17-4-2-1-3-16(17)21(27)25-9-7-14(8-10-25)12-23-20(26)15-5-6-18-19(11-15)28-13-24-18/h1-6,11,13-14H,7-10,12H2,(H,23,26). The van der Waals surface area contributed by atoms with Gasteiger partial charge < -0.3 is 10.2 Å². The molecule has 144 valence electrons. The first-order valence-electron chi connectivity index (χ1n) is 9.27. The van der Waals surface area contributed by atoms with Gasteiger partial charge in [-0.2, -0.15) is 0 Å². The Labute approximate surface area is 166 Å². The summed E-state index contributed by atoms with van der Waals surface area (Å²) in [6.45, 7) is 1.71. The number of nitrogens with one attached hydrogen (secondary N) is 1. The maximum absolute atomic E-state index is 13.8. The predicted molar refractivity (Wildman–Crippen MR) is 107 cm³/mol. The number of piperidine rings is 1. The van der Waals surface area contributed by atoms with E-state index in [0.717, 1.165) is 23.1 Å². The van der Waals surface area contributed by atoms with Crippen LogP contribution < -0.4 is 5.32 Å². The van der Waals surface area contributed by atoms with Crippen molar-refractivity contribution in [3.05, 3.63) is 64.9 Å². The Kier molecular flexibility index (Phi) is 5.34. The summed E-state index contributed by atoms with van der Waals surface area (Å²) in [4.78, 5) is 30.8. The van der Waals surface area contributed by atoms with Gasteiger partial charge in [0.05, 0.1) is 21.3 Å². The summed E-state index contributed by atoms with van der Waals surface area (Å²) < 4.78 is 14.8. The van der Waals surface area contributed by atoms with Gasteiger partial charge in [-0.1, -0.05) is 12.1 Å². The Morgan fingerprint density at radius 1 is 1.18 bits per heavy atom. The van der Waals surface area contributed by atoms with Crippen LogP contribution in [0.5, 0.6) is 0 Å². The normalized spacial score (nSPS) is 15.0. The molecule has 0 bridgehead atoms. The summed E-state index contributed by atoms with van der Waals surface area (Å²) in [5.74, 6) is -0.542. The van der Waals surface area contributed by atoms with Crippen molar-refractivity contribution >= 4 is 33.4 Å². The largest absolute Gasteiger partial charge is 0.352 e. The monoisotopic (exact) mass is 397 g/mol. The van der Waals surface area contributed by atoms with Crippen molar-refractivity contribution < 1.29 is 14.0 Å². The number of thiazole rings is 1. The Morgan fingerprint density at radius 2 is 1.96 bits per heavy atom. The van der Waals surface area contributed by atoms with Gasteiger partial charge in [0, 0.05) is 25.2 Å². The highest BCUT2D eigenvalue weighted by Gasteiger charge is 2.25. The van der Waals surface area contributed by atoms with Crippen LogP contribution in [-0.4, -0.2) is 41.3 Å².